The van der Waals surface area contributed by atoms with Crippen molar-refractivity contribution >= 4 is 40.5 Å². The van der Waals surface area contributed by atoms with Crippen molar-refractivity contribution in [1.82, 2.24) is 0 Å². The average molecular weight is 291 g/mol. The molecule has 1 nitrogen and oxygen atoms in total. The van der Waals surface area contributed by atoms with Crippen molar-refractivity contribution in [2.75, 3.05) is 5.73 Å². The largest absolute Gasteiger partial charge is 0.397 e. The molecule has 2 aromatic carbocycles. The van der Waals surface area contributed by atoms with Gasteiger partial charge in [0.25, 0.3) is 0 Å². The van der Waals surface area contributed by atoms with Gasteiger partial charge in [-0.1, -0.05) is 46.9 Å². The van der Waals surface area contributed by atoms with Crippen LogP contribution < -0.4 is 5.73 Å². The molecule has 5 heteroatoms. The number of nitrogen functional groups attached to an aromatic ring is 1. The van der Waals surface area contributed by atoms with Crippen LogP contribution in [0.4, 0.5) is 10.1 Å². The molecule has 0 fully saturated rings. The summed E-state index contributed by atoms with van der Waals surface area (Å²) < 4.78 is 13.3. The van der Waals surface area contributed by atoms with Crippen molar-refractivity contribution in [3.8, 4) is 11.1 Å². The van der Waals surface area contributed by atoms with Crippen LogP contribution in [0.2, 0.25) is 15.1 Å². The fourth-order valence-corrected chi connectivity index (χ4v) is 2.13. The lowest BCUT2D eigenvalue weighted by molar-refractivity contribution is 0.628. The molecule has 17 heavy (non-hydrogen) atoms. The van der Waals surface area contributed by atoms with Crippen molar-refractivity contribution in [1.29, 1.82) is 0 Å². The van der Waals surface area contributed by atoms with Crippen LogP contribution in [0.1, 0.15) is 0 Å². The van der Waals surface area contributed by atoms with Gasteiger partial charge in [-0.3, -0.25) is 0 Å². The maximum absolute atomic E-state index is 13.3. The number of nitrogens with two attached hydrogens (primary N) is 1. The molecule has 2 aromatic rings. The third-order valence-electron chi connectivity index (χ3n) is 2.34. The smallest absolute Gasteiger partial charge is 0.125 e. The highest BCUT2D eigenvalue weighted by molar-refractivity contribution is 6.44. The van der Waals surface area contributed by atoms with Crippen LogP contribution in [-0.4, -0.2) is 0 Å². The van der Waals surface area contributed by atoms with E-state index in [0.29, 0.717) is 21.2 Å². The predicted octanol–water partition coefficient (Wildman–Crippen LogP) is 5.04. The van der Waals surface area contributed by atoms with Crippen molar-refractivity contribution in [2.45, 2.75) is 0 Å². The molecule has 0 aromatic heterocycles. The summed E-state index contributed by atoms with van der Waals surface area (Å²) >= 11 is 17.8. The van der Waals surface area contributed by atoms with E-state index in [0.717, 1.165) is 6.07 Å². The topological polar surface area (TPSA) is 26.0 Å². The number of hydrogen-bond acceptors (Lipinski definition) is 1. The summed E-state index contributed by atoms with van der Waals surface area (Å²) in [6.07, 6.45) is 0. The van der Waals surface area contributed by atoms with Gasteiger partial charge >= 0.3 is 0 Å². The van der Waals surface area contributed by atoms with Crippen LogP contribution in [0.3, 0.4) is 0 Å². The van der Waals surface area contributed by atoms with Crippen LogP contribution in [0.15, 0.2) is 30.3 Å². The minimum absolute atomic E-state index is 0.149. The van der Waals surface area contributed by atoms with Gasteiger partial charge in [-0.15, -0.1) is 0 Å². The summed E-state index contributed by atoms with van der Waals surface area (Å²) in [5, 5.41) is 0.850. The van der Waals surface area contributed by atoms with Gasteiger partial charge in [-0.2, -0.15) is 0 Å². The molecule has 0 atom stereocenters. The molecule has 2 N–H and O–H groups in total. The number of rotatable bonds is 1. The van der Waals surface area contributed by atoms with Crippen LogP contribution in [-0.2, 0) is 0 Å². The fraction of sp³-hybridized carbons (Fsp3) is 0. The van der Waals surface area contributed by atoms with Gasteiger partial charge in [0.05, 0.1) is 20.8 Å². The number of hydrogen-bond donors (Lipinski definition) is 1. The average Bonchev–Trinajstić information content (AvgIpc) is 2.27. The first kappa shape index (κ1) is 12.5. The van der Waals surface area contributed by atoms with Crippen molar-refractivity contribution in [3.63, 3.8) is 0 Å². The van der Waals surface area contributed by atoms with E-state index >= 15 is 0 Å². The Morgan fingerprint density at radius 1 is 0.941 bits per heavy atom. The van der Waals surface area contributed by atoms with E-state index in [-0.39, 0.29) is 10.7 Å². The molecule has 0 bridgehead atoms. The summed E-state index contributed by atoms with van der Waals surface area (Å²) in [7, 11) is 0. The van der Waals surface area contributed by atoms with Gasteiger partial charge in [0, 0.05) is 11.1 Å². The lowest BCUT2D eigenvalue weighted by atomic mass is 10.0. The van der Waals surface area contributed by atoms with E-state index in [9.17, 15) is 4.39 Å². The minimum Gasteiger partial charge on any atom is -0.397 e. The van der Waals surface area contributed by atoms with Crippen LogP contribution in [0.25, 0.3) is 11.1 Å². The van der Waals surface area contributed by atoms with Gasteiger partial charge in [-0.05, 0) is 18.2 Å². The number of benzene rings is 2. The second-order valence-corrected chi connectivity index (χ2v) is 4.64. The Labute approximate surface area is 113 Å². The van der Waals surface area contributed by atoms with Gasteiger partial charge in [0.1, 0.15) is 5.82 Å². The fourth-order valence-electron chi connectivity index (χ4n) is 1.52. The van der Waals surface area contributed by atoms with Crippen LogP contribution in [0, 0.1) is 5.82 Å². The standard InChI is InChI=1S/C12H7Cl3FN/c13-9-3-1-2-7(11(9)15)8-4-6(16)5-10(14)12(8)17/h1-5H,17H2. The molecule has 0 spiro atoms. The molecule has 0 saturated carbocycles. The Morgan fingerprint density at radius 2 is 1.65 bits per heavy atom. The third kappa shape index (κ3) is 2.34. The number of anilines is 1. The first-order valence-corrected chi connectivity index (χ1v) is 5.83. The zero-order valence-electron chi connectivity index (χ0n) is 8.48. The maximum atomic E-state index is 13.3. The minimum atomic E-state index is -0.477. The monoisotopic (exact) mass is 289 g/mol. The molecule has 0 unspecified atom stereocenters. The molecule has 2 rings (SSSR count). The third-order valence-corrected chi connectivity index (χ3v) is 3.47. The van der Waals surface area contributed by atoms with Crippen LogP contribution in [0.5, 0.6) is 0 Å². The first-order chi connectivity index (χ1) is 8.00. The molecule has 0 aliphatic heterocycles. The van der Waals surface area contributed by atoms with Gasteiger partial charge < -0.3 is 5.73 Å². The Hall–Kier alpha value is -0.960. The molecule has 0 saturated heterocycles. The van der Waals surface area contributed by atoms with Gasteiger partial charge in [0.15, 0.2) is 0 Å². The van der Waals surface area contributed by atoms with E-state index in [4.69, 9.17) is 40.5 Å². The summed E-state index contributed by atoms with van der Waals surface area (Å²) in [5.74, 6) is -0.477. The van der Waals surface area contributed by atoms with Crippen LogP contribution >= 0.6 is 34.8 Å². The van der Waals surface area contributed by atoms with E-state index in [2.05, 4.69) is 0 Å². The van der Waals surface area contributed by atoms with Crippen molar-refractivity contribution in [2.24, 2.45) is 0 Å². The summed E-state index contributed by atoms with van der Waals surface area (Å²) in [6, 6.07) is 7.49. The van der Waals surface area contributed by atoms with E-state index in [1.54, 1.807) is 18.2 Å². The zero-order valence-corrected chi connectivity index (χ0v) is 10.7. The molecular formula is C12H7Cl3FN. The zero-order chi connectivity index (χ0) is 12.6. The Bertz CT molecular complexity index is 584. The molecule has 0 amide bonds. The van der Waals surface area contributed by atoms with Crippen molar-refractivity contribution < 1.29 is 4.39 Å². The lowest BCUT2D eigenvalue weighted by Gasteiger charge is -2.10. The lowest BCUT2D eigenvalue weighted by Crippen LogP contribution is -1.93. The second-order valence-electron chi connectivity index (χ2n) is 3.45. The quantitative estimate of drug-likeness (QED) is 0.732. The Morgan fingerprint density at radius 3 is 2.35 bits per heavy atom. The highest BCUT2D eigenvalue weighted by atomic mass is 35.5. The van der Waals surface area contributed by atoms with Crippen molar-refractivity contribution in [3.05, 3.63) is 51.2 Å². The maximum Gasteiger partial charge on any atom is 0.125 e. The molecule has 0 aliphatic carbocycles. The highest BCUT2D eigenvalue weighted by Gasteiger charge is 2.13. The second kappa shape index (κ2) is 4.73. The summed E-state index contributed by atoms with van der Waals surface area (Å²) in [6.45, 7) is 0. The van der Waals surface area contributed by atoms with E-state index in [1.807, 2.05) is 0 Å². The van der Waals surface area contributed by atoms with E-state index < -0.39 is 5.82 Å². The molecular weight excluding hydrogens is 283 g/mol. The molecule has 88 valence electrons. The Kier molecular flexibility index (Phi) is 3.48. The molecule has 0 heterocycles. The van der Waals surface area contributed by atoms with Gasteiger partial charge in [0.2, 0.25) is 0 Å². The SMILES string of the molecule is Nc1c(Cl)cc(F)cc1-c1cccc(Cl)c1Cl. The molecule has 0 aliphatic rings. The predicted molar refractivity (Wildman–Crippen MR) is 71.3 cm³/mol. The molecule has 0 radical (unpaired) electrons. The first-order valence-electron chi connectivity index (χ1n) is 4.69. The summed E-state index contributed by atoms with van der Waals surface area (Å²) in [5.41, 5.74) is 7.06. The summed E-state index contributed by atoms with van der Waals surface area (Å²) in [4.78, 5) is 0. The highest BCUT2D eigenvalue weighted by Crippen LogP contribution is 2.39. The van der Waals surface area contributed by atoms with E-state index in [1.165, 1.54) is 6.07 Å². The normalized spacial score (nSPS) is 10.6. The van der Waals surface area contributed by atoms with Gasteiger partial charge in [-0.25, -0.2) is 4.39 Å². The number of halogens is 4. The Balaban J connectivity index is 2.73.